The van der Waals surface area contributed by atoms with Gasteiger partial charge in [0, 0.05) is 37.0 Å². The topological polar surface area (TPSA) is 58.0 Å². The third-order valence-corrected chi connectivity index (χ3v) is 4.92. The molecule has 1 aliphatic rings. The van der Waals surface area contributed by atoms with E-state index in [0.717, 1.165) is 59.6 Å². The molecule has 0 atom stereocenters. The number of fused-ring (bicyclic) bond motifs is 2. The lowest BCUT2D eigenvalue weighted by Gasteiger charge is -2.36. The van der Waals surface area contributed by atoms with Gasteiger partial charge in [0.1, 0.15) is 24.3 Å². The number of hydrogen-bond acceptors (Lipinski definition) is 6. The Morgan fingerprint density at radius 2 is 0.962 bits per heavy atom. The predicted molar refractivity (Wildman–Crippen MR) is 104 cm³/mol. The molecule has 1 aliphatic heterocycles. The van der Waals surface area contributed by atoms with Crippen molar-refractivity contribution in [2.45, 2.75) is 0 Å². The zero-order chi connectivity index (χ0) is 17.3. The summed E-state index contributed by atoms with van der Waals surface area (Å²) >= 11 is 0. The summed E-state index contributed by atoms with van der Waals surface area (Å²) in [6.07, 6.45) is 3.31. The van der Waals surface area contributed by atoms with Gasteiger partial charge in [-0.1, -0.05) is 24.3 Å². The van der Waals surface area contributed by atoms with Crippen LogP contribution >= 0.6 is 0 Å². The van der Waals surface area contributed by atoms with Gasteiger partial charge in [-0.25, -0.2) is 19.9 Å². The monoisotopic (exact) mass is 342 g/mol. The molecular formula is C20H18N6. The maximum Gasteiger partial charge on any atom is 0.140 e. The number of nitrogens with zero attached hydrogens (tertiary/aromatic N) is 6. The third-order valence-electron chi connectivity index (χ3n) is 4.92. The van der Waals surface area contributed by atoms with Crippen LogP contribution in [0.5, 0.6) is 0 Å². The van der Waals surface area contributed by atoms with Crippen LogP contribution in [0.1, 0.15) is 0 Å². The van der Waals surface area contributed by atoms with Crippen LogP contribution in [0.2, 0.25) is 0 Å². The molecular weight excluding hydrogens is 324 g/mol. The van der Waals surface area contributed by atoms with Crippen LogP contribution in [0.3, 0.4) is 0 Å². The first-order valence-corrected chi connectivity index (χ1v) is 8.79. The Labute approximate surface area is 151 Å². The zero-order valence-corrected chi connectivity index (χ0v) is 14.3. The van der Waals surface area contributed by atoms with E-state index >= 15 is 0 Å². The van der Waals surface area contributed by atoms with Crippen molar-refractivity contribution in [1.82, 2.24) is 19.9 Å². The molecule has 5 rings (SSSR count). The number of piperazine rings is 1. The van der Waals surface area contributed by atoms with Crippen molar-refractivity contribution in [3.63, 3.8) is 0 Å². The first-order chi connectivity index (χ1) is 12.9. The highest BCUT2D eigenvalue weighted by atomic mass is 15.3. The Balaban J connectivity index is 1.42. The second kappa shape index (κ2) is 6.22. The van der Waals surface area contributed by atoms with E-state index in [9.17, 15) is 0 Å². The van der Waals surface area contributed by atoms with Crippen LogP contribution < -0.4 is 9.80 Å². The molecule has 128 valence electrons. The van der Waals surface area contributed by atoms with E-state index in [2.05, 4.69) is 41.9 Å². The summed E-state index contributed by atoms with van der Waals surface area (Å²) in [5, 5.41) is 2.21. The number of anilines is 2. The maximum absolute atomic E-state index is 4.55. The summed E-state index contributed by atoms with van der Waals surface area (Å²) in [4.78, 5) is 22.5. The van der Waals surface area contributed by atoms with Gasteiger partial charge >= 0.3 is 0 Å². The Morgan fingerprint density at radius 1 is 0.538 bits per heavy atom. The third kappa shape index (κ3) is 2.50. The SMILES string of the molecule is c1ccc2c(N3CCN(c4ncnc5ccccc45)CC3)ncnc2c1. The Bertz CT molecular complexity index is 974. The summed E-state index contributed by atoms with van der Waals surface area (Å²) in [5.41, 5.74) is 1.98. The Morgan fingerprint density at radius 3 is 1.42 bits per heavy atom. The molecule has 4 aromatic rings. The molecule has 0 saturated carbocycles. The van der Waals surface area contributed by atoms with Crippen molar-refractivity contribution in [3.05, 3.63) is 61.2 Å². The predicted octanol–water partition coefficient (Wildman–Crippen LogP) is 2.90. The highest BCUT2D eigenvalue weighted by Gasteiger charge is 2.22. The zero-order valence-electron chi connectivity index (χ0n) is 14.3. The van der Waals surface area contributed by atoms with Crippen molar-refractivity contribution in [1.29, 1.82) is 0 Å². The minimum absolute atomic E-state index is 0.902. The van der Waals surface area contributed by atoms with Crippen LogP contribution in [0.25, 0.3) is 21.8 Å². The summed E-state index contributed by atoms with van der Waals surface area (Å²) in [5.74, 6) is 2.03. The molecule has 3 heterocycles. The van der Waals surface area contributed by atoms with Gasteiger partial charge in [-0.3, -0.25) is 0 Å². The second-order valence-electron chi connectivity index (χ2n) is 6.40. The fourth-order valence-electron chi connectivity index (χ4n) is 3.62. The van der Waals surface area contributed by atoms with Gasteiger partial charge in [0.2, 0.25) is 0 Å². The van der Waals surface area contributed by atoms with E-state index < -0.39 is 0 Å². The second-order valence-corrected chi connectivity index (χ2v) is 6.40. The summed E-state index contributed by atoms with van der Waals surface area (Å²) in [7, 11) is 0. The molecule has 0 N–H and O–H groups in total. The van der Waals surface area contributed by atoms with Crippen LogP contribution in [0.4, 0.5) is 11.6 Å². The smallest absolute Gasteiger partial charge is 0.140 e. The van der Waals surface area contributed by atoms with Crippen molar-refractivity contribution in [2.75, 3.05) is 36.0 Å². The largest absolute Gasteiger partial charge is 0.352 e. The van der Waals surface area contributed by atoms with E-state index in [1.165, 1.54) is 0 Å². The molecule has 0 unspecified atom stereocenters. The average molecular weight is 342 g/mol. The fourth-order valence-corrected chi connectivity index (χ4v) is 3.62. The van der Waals surface area contributed by atoms with Crippen molar-refractivity contribution < 1.29 is 0 Å². The van der Waals surface area contributed by atoms with Crippen molar-refractivity contribution in [3.8, 4) is 0 Å². The van der Waals surface area contributed by atoms with E-state index in [4.69, 9.17) is 0 Å². The van der Waals surface area contributed by atoms with Gasteiger partial charge in [-0.05, 0) is 24.3 Å². The minimum atomic E-state index is 0.902. The van der Waals surface area contributed by atoms with Crippen LogP contribution in [0, 0.1) is 0 Å². The van der Waals surface area contributed by atoms with E-state index in [-0.39, 0.29) is 0 Å². The maximum atomic E-state index is 4.55. The number of rotatable bonds is 2. The minimum Gasteiger partial charge on any atom is -0.352 e. The van der Waals surface area contributed by atoms with Gasteiger partial charge in [-0.2, -0.15) is 0 Å². The molecule has 0 spiro atoms. The first kappa shape index (κ1) is 15.0. The van der Waals surface area contributed by atoms with E-state index in [1.807, 2.05) is 36.4 Å². The normalized spacial score (nSPS) is 14.9. The van der Waals surface area contributed by atoms with Gasteiger partial charge in [0.05, 0.1) is 11.0 Å². The molecule has 0 radical (unpaired) electrons. The standard InChI is InChI=1S/C20H18N6/c1-3-7-17-15(5-1)19(23-13-21-17)25-9-11-26(12-10-25)20-16-6-2-4-8-18(16)22-14-24-20/h1-8,13-14H,9-12H2. The van der Waals surface area contributed by atoms with Gasteiger partial charge in [0.15, 0.2) is 0 Å². The fraction of sp³-hybridized carbons (Fsp3) is 0.200. The molecule has 0 amide bonds. The van der Waals surface area contributed by atoms with Crippen LogP contribution in [-0.2, 0) is 0 Å². The molecule has 0 aliphatic carbocycles. The molecule has 1 saturated heterocycles. The molecule has 1 fully saturated rings. The van der Waals surface area contributed by atoms with Crippen LogP contribution in [-0.4, -0.2) is 46.1 Å². The highest BCUT2D eigenvalue weighted by molar-refractivity contribution is 5.90. The summed E-state index contributed by atoms with van der Waals surface area (Å²) < 4.78 is 0. The average Bonchev–Trinajstić information content (AvgIpc) is 2.73. The van der Waals surface area contributed by atoms with E-state index in [1.54, 1.807) is 12.7 Å². The summed E-state index contributed by atoms with van der Waals surface area (Å²) in [6, 6.07) is 16.4. The number of aromatic nitrogens is 4. The van der Waals surface area contributed by atoms with Gasteiger partial charge < -0.3 is 9.80 Å². The first-order valence-electron chi connectivity index (χ1n) is 8.79. The number of hydrogen-bond donors (Lipinski definition) is 0. The van der Waals surface area contributed by atoms with E-state index in [0.29, 0.717) is 0 Å². The molecule has 2 aromatic heterocycles. The van der Waals surface area contributed by atoms with Crippen LogP contribution in [0.15, 0.2) is 61.2 Å². The van der Waals surface area contributed by atoms with Crippen molar-refractivity contribution >= 4 is 33.4 Å². The van der Waals surface area contributed by atoms with Gasteiger partial charge in [-0.15, -0.1) is 0 Å². The lowest BCUT2D eigenvalue weighted by atomic mass is 10.2. The lowest BCUT2D eigenvalue weighted by Crippen LogP contribution is -2.47. The quantitative estimate of drug-likeness (QED) is 0.558. The Kier molecular flexibility index (Phi) is 3.59. The lowest BCUT2D eigenvalue weighted by molar-refractivity contribution is 0.644. The number of para-hydroxylation sites is 2. The molecule has 6 nitrogen and oxygen atoms in total. The molecule has 26 heavy (non-hydrogen) atoms. The molecule has 6 heteroatoms. The molecule has 2 aromatic carbocycles. The Hall–Kier alpha value is -3.28. The molecule has 0 bridgehead atoms. The van der Waals surface area contributed by atoms with Gasteiger partial charge in [0.25, 0.3) is 0 Å². The summed E-state index contributed by atoms with van der Waals surface area (Å²) in [6.45, 7) is 3.61. The highest BCUT2D eigenvalue weighted by Crippen LogP contribution is 2.27. The number of benzene rings is 2. The van der Waals surface area contributed by atoms with Crippen molar-refractivity contribution in [2.24, 2.45) is 0 Å².